The monoisotopic (exact) mass is 395 g/mol. The van der Waals surface area contributed by atoms with E-state index in [1.165, 1.54) is 30.6 Å². The smallest absolute Gasteiger partial charge is 0.354 e. The van der Waals surface area contributed by atoms with E-state index in [9.17, 15) is 20.2 Å². The normalized spacial score (nSPS) is 10.2. The van der Waals surface area contributed by atoms with Crippen LogP contribution >= 0.6 is 0 Å². The van der Waals surface area contributed by atoms with Gasteiger partial charge in [-0.15, -0.1) is 0 Å². The summed E-state index contributed by atoms with van der Waals surface area (Å²) in [4.78, 5) is 29.0. The van der Waals surface area contributed by atoms with Crippen molar-refractivity contribution < 1.29 is 9.85 Å². The SMILES string of the molecule is O=[N+]([O-])c1ccc(NNc2ncnc(NCCc3ccccc3)c2[N+](=O)[O-])cc1. The molecule has 0 amide bonds. The second-order valence-electron chi connectivity index (χ2n) is 5.89. The van der Waals surface area contributed by atoms with Crippen LogP contribution in [-0.2, 0) is 6.42 Å². The molecule has 0 atom stereocenters. The van der Waals surface area contributed by atoms with Crippen LogP contribution in [0.3, 0.4) is 0 Å². The Balaban J connectivity index is 1.69. The number of nitro benzene ring substituents is 1. The third-order valence-electron chi connectivity index (χ3n) is 3.96. The van der Waals surface area contributed by atoms with Crippen molar-refractivity contribution in [2.45, 2.75) is 6.42 Å². The Hall–Kier alpha value is -4.28. The minimum atomic E-state index is -0.579. The molecule has 0 fully saturated rings. The summed E-state index contributed by atoms with van der Waals surface area (Å²) in [5.41, 5.74) is 6.59. The van der Waals surface area contributed by atoms with Gasteiger partial charge in [-0.25, -0.2) is 9.97 Å². The lowest BCUT2D eigenvalue weighted by molar-refractivity contribution is -0.384. The molecule has 29 heavy (non-hydrogen) atoms. The highest BCUT2D eigenvalue weighted by molar-refractivity contribution is 5.70. The Kier molecular flexibility index (Phi) is 6.10. The van der Waals surface area contributed by atoms with E-state index in [1.54, 1.807) is 0 Å². The number of hydrogen-bond donors (Lipinski definition) is 3. The second kappa shape index (κ2) is 9.08. The van der Waals surface area contributed by atoms with E-state index in [2.05, 4.69) is 26.1 Å². The van der Waals surface area contributed by atoms with Crippen molar-refractivity contribution in [1.82, 2.24) is 9.97 Å². The first-order valence-electron chi connectivity index (χ1n) is 8.58. The number of nitrogens with zero attached hydrogens (tertiary/aromatic N) is 4. The van der Waals surface area contributed by atoms with E-state index in [1.807, 2.05) is 30.3 Å². The first kappa shape index (κ1) is 19.5. The van der Waals surface area contributed by atoms with Gasteiger partial charge in [-0.2, -0.15) is 0 Å². The summed E-state index contributed by atoms with van der Waals surface area (Å²) in [5, 5.41) is 25.2. The lowest BCUT2D eigenvalue weighted by atomic mass is 10.1. The Morgan fingerprint density at radius 1 is 0.828 bits per heavy atom. The van der Waals surface area contributed by atoms with Gasteiger partial charge in [0.1, 0.15) is 6.33 Å². The van der Waals surface area contributed by atoms with Crippen molar-refractivity contribution in [3.8, 4) is 0 Å². The van der Waals surface area contributed by atoms with Crippen molar-refractivity contribution in [3.63, 3.8) is 0 Å². The molecule has 1 heterocycles. The summed E-state index contributed by atoms with van der Waals surface area (Å²) in [6.45, 7) is 0.455. The summed E-state index contributed by atoms with van der Waals surface area (Å²) in [6, 6.07) is 15.3. The highest BCUT2D eigenvalue weighted by Gasteiger charge is 2.22. The molecule has 11 heteroatoms. The van der Waals surface area contributed by atoms with E-state index in [0.717, 1.165) is 5.56 Å². The molecule has 0 unspecified atom stereocenters. The second-order valence-corrected chi connectivity index (χ2v) is 5.89. The van der Waals surface area contributed by atoms with Crippen LogP contribution in [0.15, 0.2) is 60.9 Å². The third-order valence-corrected chi connectivity index (χ3v) is 3.96. The lowest BCUT2D eigenvalue weighted by Crippen LogP contribution is -2.15. The highest BCUT2D eigenvalue weighted by atomic mass is 16.6. The minimum Gasteiger partial charge on any atom is -0.364 e. The van der Waals surface area contributed by atoms with Gasteiger partial charge in [0.25, 0.3) is 5.69 Å². The minimum absolute atomic E-state index is 0.0365. The molecule has 0 saturated heterocycles. The van der Waals surface area contributed by atoms with Gasteiger partial charge < -0.3 is 5.32 Å². The summed E-state index contributed by atoms with van der Waals surface area (Å²) in [7, 11) is 0. The van der Waals surface area contributed by atoms with Crippen LogP contribution < -0.4 is 16.2 Å². The van der Waals surface area contributed by atoms with Crippen LogP contribution in [0, 0.1) is 20.2 Å². The molecule has 0 aliphatic carbocycles. The van der Waals surface area contributed by atoms with Crippen LogP contribution in [-0.4, -0.2) is 26.4 Å². The van der Waals surface area contributed by atoms with Gasteiger partial charge in [0, 0.05) is 18.7 Å². The maximum absolute atomic E-state index is 11.5. The zero-order valence-corrected chi connectivity index (χ0v) is 15.1. The van der Waals surface area contributed by atoms with Crippen molar-refractivity contribution >= 4 is 28.7 Å². The number of nitro groups is 2. The van der Waals surface area contributed by atoms with Gasteiger partial charge in [0.05, 0.1) is 15.5 Å². The Morgan fingerprint density at radius 2 is 1.52 bits per heavy atom. The van der Waals surface area contributed by atoms with Crippen LogP contribution in [0.4, 0.5) is 28.7 Å². The fourth-order valence-electron chi connectivity index (χ4n) is 2.54. The van der Waals surface area contributed by atoms with E-state index in [0.29, 0.717) is 18.7 Å². The van der Waals surface area contributed by atoms with Crippen LogP contribution in [0.2, 0.25) is 0 Å². The molecule has 1 aromatic heterocycles. The number of benzene rings is 2. The molecule has 0 aliphatic heterocycles. The molecule has 11 nitrogen and oxygen atoms in total. The predicted octanol–water partition coefficient (Wildman–Crippen LogP) is 3.39. The fraction of sp³-hybridized carbons (Fsp3) is 0.111. The fourth-order valence-corrected chi connectivity index (χ4v) is 2.54. The largest absolute Gasteiger partial charge is 0.364 e. The van der Waals surface area contributed by atoms with Crippen molar-refractivity contribution in [3.05, 3.63) is 86.7 Å². The number of non-ortho nitro benzene ring substituents is 1. The predicted molar refractivity (Wildman–Crippen MR) is 108 cm³/mol. The van der Waals surface area contributed by atoms with E-state index < -0.39 is 9.85 Å². The average molecular weight is 395 g/mol. The quantitative estimate of drug-likeness (QED) is 0.366. The number of hydrogen-bond acceptors (Lipinski definition) is 9. The molecule has 0 radical (unpaired) electrons. The van der Waals surface area contributed by atoms with Gasteiger partial charge in [-0.05, 0) is 24.1 Å². The topological polar surface area (TPSA) is 148 Å². The molecule has 148 valence electrons. The first-order valence-corrected chi connectivity index (χ1v) is 8.58. The number of hydrazine groups is 1. The highest BCUT2D eigenvalue weighted by Crippen LogP contribution is 2.29. The summed E-state index contributed by atoms with van der Waals surface area (Å²) < 4.78 is 0. The molecular formula is C18H17N7O4. The molecule has 0 saturated carbocycles. The summed E-state index contributed by atoms with van der Waals surface area (Å²) >= 11 is 0. The van der Waals surface area contributed by atoms with Crippen molar-refractivity contribution in [2.24, 2.45) is 0 Å². The zero-order chi connectivity index (χ0) is 20.6. The van der Waals surface area contributed by atoms with Crippen LogP contribution in [0.25, 0.3) is 0 Å². The van der Waals surface area contributed by atoms with E-state index in [4.69, 9.17) is 0 Å². The van der Waals surface area contributed by atoms with Gasteiger partial charge in [0.2, 0.25) is 11.6 Å². The van der Waals surface area contributed by atoms with Crippen molar-refractivity contribution in [2.75, 3.05) is 22.7 Å². The molecule has 2 aromatic carbocycles. The van der Waals surface area contributed by atoms with Crippen LogP contribution in [0.1, 0.15) is 5.56 Å². The first-order chi connectivity index (χ1) is 14.0. The molecule has 3 N–H and O–H groups in total. The van der Waals surface area contributed by atoms with Gasteiger partial charge >= 0.3 is 5.69 Å². The van der Waals surface area contributed by atoms with Gasteiger partial charge in [-0.3, -0.25) is 31.1 Å². The molecule has 3 rings (SSSR count). The number of nitrogens with one attached hydrogen (secondary N) is 3. The van der Waals surface area contributed by atoms with Gasteiger partial charge in [0.15, 0.2) is 0 Å². The summed E-state index contributed by atoms with van der Waals surface area (Å²) in [6.07, 6.45) is 1.88. The molecule has 3 aromatic rings. The van der Waals surface area contributed by atoms with E-state index >= 15 is 0 Å². The molecule has 0 aliphatic rings. The number of rotatable bonds is 9. The molecule has 0 bridgehead atoms. The maximum atomic E-state index is 11.5. The van der Waals surface area contributed by atoms with Crippen LogP contribution in [0.5, 0.6) is 0 Å². The number of anilines is 3. The Labute approximate surface area is 165 Å². The number of aromatic nitrogens is 2. The lowest BCUT2D eigenvalue weighted by Gasteiger charge is -2.11. The Bertz CT molecular complexity index is 997. The molecular weight excluding hydrogens is 378 g/mol. The Morgan fingerprint density at radius 3 is 2.17 bits per heavy atom. The average Bonchev–Trinajstić information content (AvgIpc) is 2.73. The van der Waals surface area contributed by atoms with Crippen molar-refractivity contribution in [1.29, 1.82) is 0 Å². The summed E-state index contributed by atoms with van der Waals surface area (Å²) in [5.74, 6) is 0.0551. The van der Waals surface area contributed by atoms with Gasteiger partial charge in [-0.1, -0.05) is 30.3 Å². The third kappa shape index (κ3) is 5.13. The zero-order valence-electron chi connectivity index (χ0n) is 15.1. The maximum Gasteiger partial charge on any atom is 0.354 e. The molecule has 0 spiro atoms. The standard InChI is InChI=1S/C18H17N7O4/c26-24(27)15-8-6-14(7-9-15)22-23-18-16(25(28)29)17(20-12-21-18)19-11-10-13-4-2-1-3-5-13/h1-9,12,22H,10-11H2,(H2,19,20,21,23). The van der Waals surface area contributed by atoms with E-state index in [-0.39, 0.29) is 23.0 Å².